The number of amides is 1. The van der Waals surface area contributed by atoms with Gasteiger partial charge in [-0.3, -0.25) is 14.5 Å². The molecule has 6 rings (SSSR count). The number of rotatable bonds is 6. The first-order chi connectivity index (χ1) is 16.5. The highest BCUT2D eigenvalue weighted by atomic mass is 35.5. The second kappa shape index (κ2) is 9.31. The van der Waals surface area contributed by atoms with Gasteiger partial charge in [0.25, 0.3) is 0 Å². The van der Waals surface area contributed by atoms with Crippen molar-refractivity contribution < 1.29 is 14.3 Å². The van der Waals surface area contributed by atoms with Crippen LogP contribution in [0.1, 0.15) is 36.6 Å². The summed E-state index contributed by atoms with van der Waals surface area (Å²) in [6, 6.07) is 7.85. The average molecular weight is 495 g/mol. The maximum absolute atomic E-state index is 13.0. The van der Waals surface area contributed by atoms with Gasteiger partial charge in [-0.1, -0.05) is 0 Å². The Hall–Kier alpha value is -3.43. The Morgan fingerprint density at radius 2 is 2.11 bits per heavy atom. The number of benzene rings is 1. The lowest BCUT2D eigenvalue weighted by atomic mass is 10.1. The number of pyridine rings is 1. The van der Waals surface area contributed by atoms with Crippen molar-refractivity contribution in [1.82, 2.24) is 19.7 Å². The second-order valence-corrected chi connectivity index (χ2v) is 9.20. The summed E-state index contributed by atoms with van der Waals surface area (Å²) in [4.78, 5) is 24.1. The third-order valence-electron chi connectivity index (χ3n) is 6.56. The van der Waals surface area contributed by atoms with Gasteiger partial charge in [0.1, 0.15) is 6.26 Å². The van der Waals surface area contributed by atoms with Gasteiger partial charge in [-0.25, -0.2) is 4.98 Å². The number of fused-ring (bicyclic) bond motifs is 1. The van der Waals surface area contributed by atoms with Crippen LogP contribution in [-0.4, -0.2) is 50.0 Å². The Labute approximate surface area is 208 Å². The van der Waals surface area contributed by atoms with E-state index in [9.17, 15) is 9.90 Å². The Kier molecular flexibility index (Phi) is 6.21. The molecule has 2 fully saturated rings. The first kappa shape index (κ1) is 23.3. The molecule has 35 heavy (non-hydrogen) atoms. The summed E-state index contributed by atoms with van der Waals surface area (Å²) in [7, 11) is 1.87. The number of aromatic nitrogens is 4. The van der Waals surface area contributed by atoms with E-state index in [2.05, 4.69) is 25.3 Å². The van der Waals surface area contributed by atoms with Gasteiger partial charge in [-0.15, -0.1) is 12.4 Å². The standard InChI is InChI=1S/C25H26N6O3.ClH/c1-30-22-11-21(23(9-17(22)12-27-30)31-7-5-19(32)13-31)29-24(33)10-18-14-34-25(28-18)16-4-6-26-20(8-16)15-2-3-15;/h4,6,8-9,11-12,14-15,19,32H,2-3,5,7,10,13H2,1H3,(H,29,33);1H/t19-;/m0./s1. The molecule has 10 heteroatoms. The van der Waals surface area contributed by atoms with Gasteiger partial charge in [0.2, 0.25) is 11.8 Å². The molecular weight excluding hydrogens is 468 g/mol. The lowest BCUT2D eigenvalue weighted by molar-refractivity contribution is -0.115. The van der Waals surface area contributed by atoms with E-state index in [0.29, 0.717) is 36.2 Å². The SMILES string of the molecule is Cl.Cn1ncc2cc(N3CC[C@H](O)C3)c(NC(=O)Cc3coc(-c4ccnc(C5CC5)c4)n3)cc21. The van der Waals surface area contributed by atoms with E-state index in [1.54, 1.807) is 10.9 Å². The predicted octanol–water partition coefficient (Wildman–Crippen LogP) is 3.67. The molecule has 1 amide bonds. The largest absolute Gasteiger partial charge is 0.444 e. The van der Waals surface area contributed by atoms with Crippen molar-refractivity contribution >= 4 is 40.6 Å². The van der Waals surface area contributed by atoms with Crippen molar-refractivity contribution in [3.05, 3.63) is 54.3 Å². The Bertz CT molecular complexity index is 1380. The fraction of sp³-hybridized carbons (Fsp3) is 0.360. The van der Waals surface area contributed by atoms with E-state index in [4.69, 9.17) is 4.42 Å². The monoisotopic (exact) mass is 494 g/mol. The van der Waals surface area contributed by atoms with Crippen LogP contribution < -0.4 is 10.2 Å². The molecular formula is C25H27ClN6O3. The van der Waals surface area contributed by atoms with E-state index < -0.39 is 0 Å². The number of aliphatic hydroxyl groups is 1. The zero-order valence-electron chi connectivity index (χ0n) is 19.3. The summed E-state index contributed by atoms with van der Waals surface area (Å²) in [5.74, 6) is 0.855. The number of aliphatic hydroxyl groups excluding tert-OH is 1. The summed E-state index contributed by atoms with van der Waals surface area (Å²) >= 11 is 0. The van der Waals surface area contributed by atoms with Crippen LogP contribution in [0.3, 0.4) is 0 Å². The zero-order valence-corrected chi connectivity index (χ0v) is 20.2. The number of halogens is 1. The Balaban J connectivity index is 0.00000253. The molecule has 9 nitrogen and oxygen atoms in total. The molecule has 1 aliphatic carbocycles. The molecule has 4 heterocycles. The van der Waals surface area contributed by atoms with Crippen LogP contribution in [0, 0.1) is 0 Å². The molecule has 1 aromatic carbocycles. The number of carbonyl (C=O) groups is 1. The summed E-state index contributed by atoms with van der Waals surface area (Å²) in [6.45, 7) is 1.27. The highest BCUT2D eigenvalue weighted by Crippen LogP contribution is 2.40. The number of anilines is 2. The fourth-order valence-electron chi connectivity index (χ4n) is 4.57. The highest BCUT2D eigenvalue weighted by molar-refractivity contribution is 5.99. The second-order valence-electron chi connectivity index (χ2n) is 9.20. The first-order valence-corrected chi connectivity index (χ1v) is 11.6. The molecule has 1 atom stereocenters. The molecule has 0 bridgehead atoms. The Morgan fingerprint density at radius 1 is 1.26 bits per heavy atom. The number of carbonyl (C=O) groups excluding carboxylic acids is 1. The van der Waals surface area contributed by atoms with E-state index in [0.717, 1.165) is 34.4 Å². The summed E-state index contributed by atoms with van der Waals surface area (Å²) in [5.41, 5.74) is 5.02. The number of hydrogen-bond donors (Lipinski definition) is 2. The molecule has 3 aromatic heterocycles. The minimum Gasteiger partial charge on any atom is -0.444 e. The third kappa shape index (κ3) is 4.74. The zero-order chi connectivity index (χ0) is 23.2. The molecule has 0 radical (unpaired) electrons. The Morgan fingerprint density at radius 3 is 2.89 bits per heavy atom. The van der Waals surface area contributed by atoms with Crippen LogP contribution in [0.4, 0.5) is 11.4 Å². The van der Waals surface area contributed by atoms with Gasteiger partial charge in [-0.2, -0.15) is 5.10 Å². The topological polar surface area (TPSA) is 109 Å². The van der Waals surface area contributed by atoms with Crippen molar-refractivity contribution in [2.45, 2.75) is 37.7 Å². The molecule has 2 N–H and O–H groups in total. The van der Waals surface area contributed by atoms with Gasteiger partial charge < -0.3 is 19.7 Å². The highest BCUT2D eigenvalue weighted by Gasteiger charge is 2.26. The number of nitrogens with zero attached hydrogens (tertiary/aromatic N) is 5. The maximum atomic E-state index is 13.0. The van der Waals surface area contributed by atoms with Crippen LogP contribution in [0.25, 0.3) is 22.4 Å². The van der Waals surface area contributed by atoms with Gasteiger partial charge in [0.15, 0.2) is 0 Å². The lowest BCUT2D eigenvalue weighted by Gasteiger charge is -2.22. The van der Waals surface area contributed by atoms with E-state index in [1.807, 2.05) is 37.5 Å². The number of oxazole rings is 1. The minimum atomic E-state index is -0.365. The fourth-order valence-corrected chi connectivity index (χ4v) is 4.57. The summed E-state index contributed by atoms with van der Waals surface area (Å²) in [6.07, 6.45) is 7.91. The van der Waals surface area contributed by atoms with Crippen molar-refractivity contribution in [2.75, 3.05) is 23.3 Å². The van der Waals surface area contributed by atoms with E-state index in [-0.39, 0.29) is 30.8 Å². The number of nitrogens with one attached hydrogen (secondary N) is 1. The minimum absolute atomic E-state index is 0. The first-order valence-electron chi connectivity index (χ1n) is 11.6. The van der Waals surface area contributed by atoms with Crippen LogP contribution >= 0.6 is 12.4 Å². The van der Waals surface area contributed by atoms with E-state index >= 15 is 0 Å². The molecule has 0 unspecified atom stereocenters. The van der Waals surface area contributed by atoms with E-state index in [1.165, 1.54) is 19.1 Å². The molecule has 2 aliphatic rings. The van der Waals surface area contributed by atoms with Crippen molar-refractivity contribution in [3.8, 4) is 11.5 Å². The van der Waals surface area contributed by atoms with Crippen LogP contribution in [0.2, 0.25) is 0 Å². The van der Waals surface area contributed by atoms with Gasteiger partial charge in [-0.05, 0) is 43.5 Å². The third-order valence-corrected chi connectivity index (χ3v) is 6.56. The van der Waals surface area contributed by atoms with Crippen molar-refractivity contribution in [3.63, 3.8) is 0 Å². The molecule has 0 spiro atoms. The van der Waals surface area contributed by atoms with Gasteiger partial charge in [0, 0.05) is 48.9 Å². The molecule has 1 saturated carbocycles. The molecule has 1 saturated heterocycles. The van der Waals surface area contributed by atoms with Crippen molar-refractivity contribution in [2.24, 2.45) is 7.05 Å². The van der Waals surface area contributed by atoms with Crippen LogP contribution in [-0.2, 0) is 18.3 Å². The van der Waals surface area contributed by atoms with Crippen LogP contribution in [0.15, 0.2) is 47.3 Å². The van der Waals surface area contributed by atoms with Crippen LogP contribution in [0.5, 0.6) is 0 Å². The maximum Gasteiger partial charge on any atom is 0.230 e. The predicted molar refractivity (Wildman–Crippen MR) is 135 cm³/mol. The number of hydrogen-bond acceptors (Lipinski definition) is 7. The normalized spacial score (nSPS) is 17.5. The average Bonchev–Trinajstić information content (AvgIpc) is 3.27. The number of aryl methyl sites for hydroxylation is 1. The lowest BCUT2D eigenvalue weighted by Crippen LogP contribution is -2.24. The van der Waals surface area contributed by atoms with Gasteiger partial charge in [0.05, 0.1) is 41.3 Å². The molecule has 4 aromatic rings. The van der Waals surface area contributed by atoms with Crippen molar-refractivity contribution in [1.29, 1.82) is 0 Å². The summed E-state index contributed by atoms with van der Waals surface area (Å²) in [5, 5.41) is 18.4. The smallest absolute Gasteiger partial charge is 0.230 e. The molecule has 1 aliphatic heterocycles. The quantitative estimate of drug-likeness (QED) is 0.421. The summed E-state index contributed by atoms with van der Waals surface area (Å²) < 4.78 is 7.45. The molecule has 182 valence electrons. The van der Waals surface area contributed by atoms with Gasteiger partial charge >= 0.3 is 0 Å². The number of β-amino-alcohol motifs (C(OH)–C–C–N with tert-alkyl or cyclic N) is 1.